The number of para-hydroxylation sites is 2. The van der Waals surface area contributed by atoms with Crippen LogP contribution in [0.2, 0.25) is 0 Å². The molecule has 0 spiro atoms. The van der Waals surface area contributed by atoms with Gasteiger partial charge in [-0.25, -0.2) is 0 Å². The summed E-state index contributed by atoms with van der Waals surface area (Å²) < 4.78 is 22.6. The van der Waals surface area contributed by atoms with Crippen LogP contribution in [0.15, 0.2) is 81.9 Å². The third-order valence-electron chi connectivity index (χ3n) is 6.29. The molecule has 6 rings (SSSR count). The Balaban J connectivity index is 1.51. The van der Waals surface area contributed by atoms with Gasteiger partial charge in [-0.3, -0.25) is 14.4 Å². The first-order valence-corrected chi connectivity index (χ1v) is 11.0. The molecule has 1 atom stereocenters. The van der Waals surface area contributed by atoms with Gasteiger partial charge >= 0.3 is 5.97 Å². The summed E-state index contributed by atoms with van der Waals surface area (Å²) in [7, 11) is 1.55. The Kier molecular flexibility index (Phi) is 4.77. The van der Waals surface area contributed by atoms with Crippen LogP contribution in [0.1, 0.15) is 39.4 Å². The van der Waals surface area contributed by atoms with E-state index in [1.54, 1.807) is 55.7 Å². The van der Waals surface area contributed by atoms with Gasteiger partial charge in [0, 0.05) is 22.6 Å². The summed E-state index contributed by atoms with van der Waals surface area (Å²) in [6, 6.07) is 17.3. The molecule has 7 heteroatoms. The maximum Gasteiger partial charge on any atom is 0.312 e. The zero-order valence-electron chi connectivity index (χ0n) is 18.6. The Labute approximate surface area is 199 Å². The monoisotopic (exact) mass is 466 g/mol. The largest absolute Gasteiger partial charge is 0.496 e. The molecule has 0 saturated heterocycles. The average molecular weight is 466 g/mol. The first-order chi connectivity index (χ1) is 17.0. The van der Waals surface area contributed by atoms with Crippen LogP contribution in [0, 0.1) is 0 Å². The number of Topliss-reactive ketones (excluding diaryl/α,β-unsaturated/α-hetero) is 1. The van der Waals surface area contributed by atoms with Crippen LogP contribution < -0.4 is 19.6 Å². The van der Waals surface area contributed by atoms with Gasteiger partial charge in [-0.1, -0.05) is 30.3 Å². The molecule has 0 amide bonds. The number of ketones is 1. The minimum absolute atomic E-state index is 0.0876. The molecule has 1 aromatic heterocycles. The van der Waals surface area contributed by atoms with Crippen molar-refractivity contribution < 1.29 is 28.2 Å². The van der Waals surface area contributed by atoms with Crippen LogP contribution in [-0.4, -0.2) is 18.9 Å². The summed E-state index contributed by atoms with van der Waals surface area (Å²) in [5.41, 5.74) is 1.99. The molecule has 3 heterocycles. The van der Waals surface area contributed by atoms with E-state index < -0.39 is 11.9 Å². The molecule has 7 nitrogen and oxygen atoms in total. The van der Waals surface area contributed by atoms with Crippen molar-refractivity contribution in [2.45, 2.75) is 12.3 Å². The topological polar surface area (TPSA) is 92.0 Å². The second-order valence-electron chi connectivity index (χ2n) is 8.28. The van der Waals surface area contributed by atoms with Crippen molar-refractivity contribution in [2.24, 2.45) is 0 Å². The van der Waals surface area contributed by atoms with Gasteiger partial charge in [0.05, 0.1) is 30.7 Å². The van der Waals surface area contributed by atoms with Gasteiger partial charge in [0.1, 0.15) is 22.8 Å². The molecule has 172 valence electrons. The lowest BCUT2D eigenvalue weighted by molar-refractivity contribution is -0.135. The van der Waals surface area contributed by atoms with E-state index in [4.69, 9.17) is 18.6 Å². The number of fused-ring (bicyclic) bond motifs is 4. The molecule has 0 bridgehead atoms. The molecule has 0 aliphatic carbocycles. The SMILES string of the molecule is COc1ccccc1/C=C1\Oc2c(ccc3c2C(c2coc4ccccc4c2=O)CC(=O)O3)C1=O. The molecule has 0 radical (unpaired) electrons. The van der Waals surface area contributed by atoms with Gasteiger partial charge in [-0.2, -0.15) is 0 Å². The van der Waals surface area contributed by atoms with Gasteiger partial charge in [0.2, 0.25) is 5.78 Å². The average Bonchev–Trinajstić information content (AvgIpc) is 3.19. The van der Waals surface area contributed by atoms with Crippen molar-refractivity contribution in [1.29, 1.82) is 0 Å². The van der Waals surface area contributed by atoms with Crippen LogP contribution in [0.4, 0.5) is 0 Å². The van der Waals surface area contributed by atoms with E-state index in [0.717, 1.165) is 0 Å². The second kappa shape index (κ2) is 7.99. The highest BCUT2D eigenvalue weighted by Crippen LogP contribution is 2.48. The maximum atomic E-state index is 13.3. The van der Waals surface area contributed by atoms with E-state index in [0.29, 0.717) is 39.0 Å². The number of methoxy groups -OCH3 is 1. The molecule has 0 fully saturated rings. The van der Waals surface area contributed by atoms with Crippen LogP contribution in [0.25, 0.3) is 17.0 Å². The molecule has 35 heavy (non-hydrogen) atoms. The summed E-state index contributed by atoms with van der Waals surface area (Å²) >= 11 is 0. The van der Waals surface area contributed by atoms with E-state index in [1.165, 1.54) is 6.26 Å². The molecule has 1 unspecified atom stereocenters. The highest BCUT2D eigenvalue weighted by atomic mass is 16.5. The number of rotatable bonds is 3. The fraction of sp³-hybridized carbons (Fsp3) is 0.107. The van der Waals surface area contributed by atoms with Gasteiger partial charge in [-0.15, -0.1) is 0 Å². The number of carbonyl (C=O) groups excluding carboxylic acids is 2. The number of hydrogen-bond acceptors (Lipinski definition) is 7. The number of benzene rings is 3. The van der Waals surface area contributed by atoms with Crippen LogP contribution >= 0.6 is 0 Å². The number of hydrogen-bond donors (Lipinski definition) is 0. The Morgan fingerprint density at radius 1 is 0.943 bits per heavy atom. The van der Waals surface area contributed by atoms with E-state index >= 15 is 0 Å². The summed E-state index contributed by atoms with van der Waals surface area (Å²) in [5.74, 6) is -0.254. The maximum absolute atomic E-state index is 13.3. The molecule has 2 aliphatic rings. The summed E-state index contributed by atoms with van der Waals surface area (Å²) in [5, 5.41) is 0.409. The van der Waals surface area contributed by atoms with Crippen molar-refractivity contribution in [2.75, 3.05) is 7.11 Å². The minimum Gasteiger partial charge on any atom is -0.496 e. The van der Waals surface area contributed by atoms with Crippen molar-refractivity contribution >= 4 is 28.8 Å². The van der Waals surface area contributed by atoms with Gasteiger partial charge in [0.25, 0.3) is 0 Å². The number of allylic oxidation sites excluding steroid dienone is 1. The zero-order valence-corrected chi connectivity index (χ0v) is 18.6. The van der Waals surface area contributed by atoms with Crippen LogP contribution in [-0.2, 0) is 4.79 Å². The normalized spacial score (nSPS) is 17.6. The quantitative estimate of drug-likeness (QED) is 0.242. The van der Waals surface area contributed by atoms with E-state index in [-0.39, 0.29) is 34.9 Å². The van der Waals surface area contributed by atoms with Crippen LogP contribution in [0.3, 0.4) is 0 Å². The molecule has 3 aromatic carbocycles. The Morgan fingerprint density at radius 2 is 1.74 bits per heavy atom. The molecule has 0 N–H and O–H groups in total. The van der Waals surface area contributed by atoms with E-state index in [1.807, 2.05) is 18.2 Å². The first kappa shape index (κ1) is 20.9. The molecule has 4 aromatic rings. The van der Waals surface area contributed by atoms with Crippen molar-refractivity contribution in [3.63, 3.8) is 0 Å². The summed E-state index contributed by atoms with van der Waals surface area (Å²) in [6.45, 7) is 0. The lowest BCUT2D eigenvalue weighted by atomic mass is 9.85. The Morgan fingerprint density at radius 3 is 2.60 bits per heavy atom. The second-order valence-corrected chi connectivity index (χ2v) is 8.28. The zero-order chi connectivity index (χ0) is 24.1. The van der Waals surface area contributed by atoms with Crippen LogP contribution in [0.5, 0.6) is 17.2 Å². The van der Waals surface area contributed by atoms with Crippen molar-refractivity contribution in [1.82, 2.24) is 0 Å². The fourth-order valence-corrected chi connectivity index (χ4v) is 4.63. The summed E-state index contributed by atoms with van der Waals surface area (Å²) in [6.07, 6.45) is 2.90. The van der Waals surface area contributed by atoms with Gasteiger partial charge in [0.15, 0.2) is 11.2 Å². The summed E-state index contributed by atoms with van der Waals surface area (Å²) in [4.78, 5) is 39.0. The minimum atomic E-state index is -0.694. The smallest absolute Gasteiger partial charge is 0.312 e. The lowest BCUT2D eigenvalue weighted by Gasteiger charge is -2.25. The third-order valence-corrected chi connectivity index (χ3v) is 6.29. The highest BCUT2D eigenvalue weighted by Gasteiger charge is 2.39. The molecule has 2 aliphatic heterocycles. The Hall–Kier alpha value is -4.65. The molecule has 0 saturated carbocycles. The predicted molar refractivity (Wildman–Crippen MR) is 127 cm³/mol. The van der Waals surface area contributed by atoms with Crippen molar-refractivity contribution in [3.05, 3.63) is 105 Å². The van der Waals surface area contributed by atoms with Gasteiger partial charge in [-0.05, 0) is 36.4 Å². The first-order valence-electron chi connectivity index (χ1n) is 11.0. The standard InChI is InChI=1S/C28H18O7/c1-32-20-8-4-2-6-15(20)12-23-27(31)17-10-11-22-25(28(17)35-23)18(13-24(29)34-22)19-14-33-21-9-5-3-7-16(21)26(19)30/h2-12,14,18H,13H2,1H3/b23-12-. The molecular formula is C28H18O7. The van der Waals surface area contributed by atoms with Crippen molar-refractivity contribution in [3.8, 4) is 17.2 Å². The highest BCUT2D eigenvalue weighted by molar-refractivity contribution is 6.15. The molecular weight excluding hydrogens is 448 g/mol. The predicted octanol–water partition coefficient (Wildman–Crippen LogP) is 4.86. The van der Waals surface area contributed by atoms with E-state index in [2.05, 4.69) is 0 Å². The van der Waals surface area contributed by atoms with E-state index in [9.17, 15) is 14.4 Å². The lowest BCUT2D eigenvalue weighted by Crippen LogP contribution is -2.25. The van der Waals surface area contributed by atoms with Gasteiger partial charge < -0.3 is 18.6 Å². The fourth-order valence-electron chi connectivity index (χ4n) is 4.63. The number of esters is 1. The number of carbonyl (C=O) groups is 2. The number of ether oxygens (including phenoxy) is 3. The third kappa shape index (κ3) is 3.32. The Bertz CT molecular complexity index is 1630.